The fraction of sp³-hybridized carbons (Fsp3) is 0.385. The van der Waals surface area contributed by atoms with Crippen LogP contribution < -0.4 is 26.3 Å². The number of anilines is 1. The molecule has 0 aliphatic carbocycles. The molecule has 0 saturated carbocycles. The van der Waals surface area contributed by atoms with E-state index in [4.69, 9.17) is 20.9 Å². The molecule has 0 bridgehead atoms. The molecular weight excluding hydrogens is 262 g/mol. The molecule has 0 saturated heterocycles. The van der Waals surface area contributed by atoms with Crippen LogP contribution in [-0.2, 0) is 9.59 Å². The van der Waals surface area contributed by atoms with Crippen LogP contribution in [0, 0.1) is 0 Å². The van der Waals surface area contributed by atoms with E-state index < -0.39 is 17.9 Å². The van der Waals surface area contributed by atoms with E-state index in [1.165, 1.54) is 7.11 Å². The van der Waals surface area contributed by atoms with Crippen LogP contribution in [-0.4, -0.2) is 31.6 Å². The lowest BCUT2D eigenvalue weighted by molar-refractivity contribution is -0.123. The maximum Gasteiger partial charge on any atom is 0.241 e. The molecule has 1 rings (SSSR count). The van der Waals surface area contributed by atoms with Gasteiger partial charge in [-0.05, 0) is 19.1 Å². The highest BCUT2D eigenvalue weighted by Crippen LogP contribution is 2.30. The summed E-state index contributed by atoms with van der Waals surface area (Å²) in [6, 6.07) is 3.96. The number of hydrogen-bond donors (Lipinski definition) is 3. The van der Waals surface area contributed by atoms with Gasteiger partial charge in [0.15, 0.2) is 11.5 Å². The Labute approximate surface area is 117 Å². The number of methoxy groups -OCH3 is 1. The molecule has 0 radical (unpaired) electrons. The van der Waals surface area contributed by atoms with Gasteiger partial charge in [-0.3, -0.25) is 9.59 Å². The summed E-state index contributed by atoms with van der Waals surface area (Å²) < 4.78 is 10.5. The van der Waals surface area contributed by atoms with Crippen LogP contribution >= 0.6 is 0 Å². The summed E-state index contributed by atoms with van der Waals surface area (Å²) in [6.45, 7) is 2.36. The number of hydrogen-bond acceptors (Lipinski definition) is 5. The Bertz CT molecular complexity index is 491. The van der Waals surface area contributed by atoms with Crippen LogP contribution in [0.4, 0.5) is 5.69 Å². The molecule has 0 spiro atoms. The zero-order chi connectivity index (χ0) is 15.1. The first-order valence-electron chi connectivity index (χ1n) is 6.13. The number of amides is 2. The minimum Gasteiger partial charge on any atom is -0.493 e. The molecule has 7 heteroatoms. The zero-order valence-electron chi connectivity index (χ0n) is 11.5. The van der Waals surface area contributed by atoms with E-state index in [1.807, 2.05) is 6.92 Å². The zero-order valence-corrected chi connectivity index (χ0v) is 11.5. The summed E-state index contributed by atoms with van der Waals surface area (Å²) in [5.74, 6) is -0.0468. The van der Waals surface area contributed by atoms with Gasteiger partial charge in [0.2, 0.25) is 11.8 Å². The van der Waals surface area contributed by atoms with Crippen molar-refractivity contribution in [2.75, 3.05) is 19.0 Å². The molecule has 0 aliphatic rings. The smallest absolute Gasteiger partial charge is 0.241 e. The second-order valence-electron chi connectivity index (χ2n) is 4.06. The molecule has 0 aliphatic heterocycles. The van der Waals surface area contributed by atoms with E-state index in [2.05, 4.69) is 5.32 Å². The van der Waals surface area contributed by atoms with Crippen molar-refractivity contribution in [3.8, 4) is 11.5 Å². The van der Waals surface area contributed by atoms with Gasteiger partial charge in [0, 0.05) is 11.8 Å². The first-order chi connectivity index (χ1) is 9.47. The third-order valence-corrected chi connectivity index (χ3v) is 2.49. The van der Waals surface area contributed by atoms with Crippen molar-refractivity contribution in [3.05, 3.63) is 18.2 Å². The second kappa shape index (κ2) is 7.34. The highest BCUT2D eigenvalue weighted by molar-refractivity contribution is 5.97. The second-order valence-corrected chi connectivity index (χ2v) is 4.06. The Hall–Kier alpha value is -2.28. The quantitative estimate of drug-likeness (QED) is 0.661. The summed E-state index contributed by atoms with van der Waals surface area (Å²) in [5, 5.41) is 2.58. The molecular formula is C13H19N3O4. The van der Waals surface area contributed by atoms with Crippen molar-refractivity contribution in [2.45, 2.75) is 19.4 Å². The van der Waals surface area contributed by atoms with Gasteiger partial charge in [-0.15, -0.1) is 0 Å². The summed E-state index contributed by atoms with van der Waals surface area (Å²) in [6.07, 6.45) is -0.208. The van der Waals surface area contributed by atoms with Gasteiger partial charge < -0.3 is 26.3 Å². The van der Waals surface area contributed by atoms with E-state index >= 15 is 0 Å². The van der Waals surface area contributed by atoms with Crippen molar-refractivity contribution in [2.24, 2.45) is 11.5 Å². The van der Waals surface area contributed by atoms with Crippen LogP contribution in [0.2, 0.25) is 0 Å². The fourth-order valence-corrected chi connectivity index (χ4v) is 1.56. The minimum atomic E-state index is -0.981. The lowest BCUT2D eigenvalue weighted by atomic mass is 10.2. The summed E-state index contributed by atoms with van der Waals surface area (Å²) in [5.41, 5.74) is 11.0. The lowest BCUT2D eigenvalue weighted by Crippen LogP contribution is -2.38. The largest absolute Gasteiger partial charge is 0.493 e. The predicted molar refractivity (Wildman–Crippen MR) is 74.6 cm³/mol. The van der Waals surface area contributed by atoms with Crippen molar-refractivity contribution < 1.29 is 19.1 Å². The number of carbonyl (C=O) groups is 2. The monoisotopic (exact) mass is 281 g/mol. The molecule has 1 aromatic carbocycles. The Morgan fingerprint density at radius 1 is 1.35 bits per heavy atom. The number of benzene rings is 1. The first-order valence-corrected chi connectivity index (χ1v) is 6.13. The number of rotatable bonds is 7. The Kier molecular flexibility index (Phi) is 5.79. The molecule has 0 fully saturated rings. The van der Waals surface area contributed by atoms with Crippen LogP contribution in [0.5, 0.6) is 11.5 Å². The molecule has 20 heavy (non-hydrogen) atoms. The van der Waals surface area contributed by atoms with Crippen molar-refractivity contribution in [3.63, 3.8) is 0 Å². The van der Waals surface area contributed by atoms with E-state index in [0.717, 1.165) is 0 Å². The van der Waals surface area contributed by atoms with Crippen molar-refractivity contribution in [1.82, 2.24) is 0 Å². The highest BCUT2D eigenvalue weighted by atomic mass is 16.5. The Morgan fingerprint density at radius 2 is 2.05 bits per heavy atom. The van der Waals surface area contributed by atoms with Gasteiger partial charge in [-0.1, -0.05) is 0 Å². The molecule has 0 aromatic heterocycles. The number of nitrogens with two attached hydrogens (primary N) is 2. The predicted octanol–water partition coefficient (Wildman–Crippen LogP) is 0.235. The molecule has 2 amide bonds. The maximum atomic E-state index is 11.7. The van der Waals surface area contributed by atoms with Gasteiger partial charge in [-0.25, -0.2) is 0 Å². The normalized spacial score (nSPS) is 11.6. The average Bonchev–Trinajstić information content (AvgIpc) is 2.39. The third kappa shape index (κ3) is 4.43. The van der Waals surface area contributed by atoms with E-state index in [9.17, 15) is 9.59 Å². The number of carbonyl (C=O) groups excluding carboxylic acids is 2. The van der Waals surface area contributed by atoms with Gasteiger partial charge in [-0.2, -0.15) is 0 Å². The van der Waals surface area contributed by atoms with E-state index in [-0.39, 0.29) is 6.42 Å². The number of primary amides is 1. The Balaban J connectivity index is 2.77. The fourth-order valence-electron chi connectivity index (χ4n) is 1.56. The standard InChI is InChI=1S/C13H19N3O4/c1-3-20-10-5-4-8(6-11(10)19-2)16-13(18)9(14)7-12(15)17/h4-6,9H,3,7,14H2,1-2H3,(H2,15,17)(H,16,18). The molecule has 110 valence electrons. The van der Waals surface area contributed by atoms with Crippen LogP contribution in [0.15, 0.2) is 18.2 Å². The highest BCUT2D eigenvalue weighted by Gasteiger charge is 2.16. The minimum absolute atomic E-state index is 0.208. The van der Waals surface area contributed by atoms with Crippen LogP contribution in [0.1, 0.15) is 13.3 Å². The average molecular weight is 281 g/mol. The van der Waals surface area contributed by atoms with E-state index in [1.54, 1.807) is 18.2 Å². The maximum absolute atomic E-state index is 11.7. The van der Waals surface area contributed by atoms with Gasteiger partial charge in [0.1, 0.15) is 0 Å². The molecule has 7 nitrogen and oxygen atoms in total. The van der Waals surface area contributed by atoms with Gasteiger partial charge >= 0.3 is 0 Å². The molecule has 1 atom stereocenters. The summed E-state index contributed by atoms with van der Waals surface area (Å²) in [4.78, 5) is 22.5. The van der Waals surface area contributed by atoms with Crippen LogP contribution in [0.3, 0.4) is 0 Å². The number of nitrogens with one attached hydrogen (secondary N) is 1. The molecule has 0 heterocycles. The summed E-state index contributed by atoms with van der Waals surface area (Å²) in [7, 11) is 1.50. The topological polar surface area (TPSA) is 117 Å². The molecule has 5 N–H and O–H groups in total. The Morgan fingerprint density at radius 3 is 2.60 bits per heavy atom. The van der Waals surface area contributed by atoms with Crippen molar-refractivity contribution in [1.29, 1.82) is 0 Å². The van der Waals surface area contributed by atoms with E-state index in [0.29, 0.717) is 23.8 Å². The first kappa shape index (κ1) is 15.8. The molecule has 1 unspecified atom stereocenters. The van der Waals surface area contributed by atoms with Crippen LogP contribution in [0.25, 0.3) is 0 Å². The van der Waals surface area contributed by atoms with Crippen molar-refractivity contribution >= 4 is 17.5 Å². The third-order valence-electron chi connectivity index (χ3n) is 2.49. The lowest BCUT2D eigenvalue weighted by Gasteiger charge is -2.13. The summed E-state index contributed by atoms with van der Waals surface area (Å²) >= 11 is 0. The molecule has 1 aromatic rings. The number of ether oxygens (including phenoxy) is 2. The van der Waals surface area contributed by atoms with Gasteiger partial charge in [0.05, 0.1) is 26.2 Å². The SMILES string of the molecule is CCOc1ccc(NC(=O)C(N)CC(N)=O)cc1OC. The van der Waals surface area contributed by atoms with Gasteiger partial charge in [0.25, 0.3) is 0 Å².